The number of carbonyl (C=O) groups is 2. The minimum Gasteiger partial charge on any atom is -0.507 e. The first-order valence-corrected chi connectivity index (χ1v) is 10.9. The number of aliphatic hydroxyl groups is 1. The molecule has 2 atom stereocenters. The molecule has 0 aliphatic carbocycles. The summed E-state index contributed by atoms with van der Waals surface area (Å²) in [6.45, 7) is 4.89. The van der Waals surface area contributed by atoms with Crippen LogP contribution in [-0.2, 0) is 14.3 Å². The number of hydrogen-bond acceptors (Lipinski definition) is 5. The van der Waals surface area contributed by atoms with Crippen molar-refractivity contribution in [3.05, 3.63) is 82.9 Å². The highest BCUT2D eigenvalue weighted by Gasteiger charge is 2.47. The Kier molecular flexibility index (Phi) is 6.63. The van der Waals surface area contributed by atoms with Crippen molar-refractivity contribution in [3.8, 4) is 5.75 Å². The summed E-state index contributed by atoms with van der Waals surface area (Å²) in [5, 5.41) is 11.6. The molecule has 2 aliphatic rings. The molecule has 2 aromatic rings. The molecule has 32 heavy (non-hydrogen) atoms. The third-order valence-electron chi connectivity index (χ3n) is 5.65. The van der Waals surface area contributed by atoms with Crippen molar-refractivity contribution in [2.24, 2.45) is 0 Å². The van der Waals surface area contributed by atoms with E-state index in [1.807, 2.05) is 0 Å². The molecule has 7 heteroatoms. The molecular formula is C25H24ClNO5. The summed E-state index contributed by atoms with van der Waals surface area (Å²) in [4.78, 5) is 27.5. The van der Waals surface area contributed by atoms with E-state index in [0.29, 0.717) is 35.1 Å². The average Bonchev–Trinajstić information content (AvgIpc) is 3.41. The fraction of sp³-hybridized carbons (Fsp3) is 0.280. The van der Waals surface area contributed by atoms with Crippen LogP contribution >= 0.6 is 11.6 Å². The Morgan fingerprint density at radius 3 is 2.53 bits per heavy atom. The summed E-state index contributed by atoms with van der Waals surface area (Å²) < 4.78 is 11.2. The summed E-state index contributed by atoms with van der Waals surface area (Å²) in [6, 6.07) is 12.9. The summed E-state index contributed by atoms with van der Waals surface area (Å²) >= 11 is 6.05. The second-order valence-corrected chi connectivity index (χ2v) is 8.20. The van der Waals surface area contributed by atoms with Crippen LogP contribution < -0.4 is 4.74 Å². The van der Waals surface area contributed by atoms with Gasteiger partial charge in [-0.25, -0.2) is 0 Å². The van der Waals surface area contributed by atoms with Gasteiger partial charge in [0.15, 0.2) is 0 Å². The first-order chi connectivity index (χ1) is 15.5. The van der Waals surface area contributed by atoms with Gasteiger partial charge in [-0.2, -0.15) is 0 Å². The molecule has 0 unspecified atom stereocenters. The standard InChI is InChI=1S/C25H24ClNO5/c1-2-13-31-19-11-7-17(8-12-19)23(28)21-22(16-5-9-18(26)10-6-16)27(25(30)24(21)29)15-20-4-3-14-32-20/h2,5-12,20,22,28H,1,3-4,13-15H2/t20-,22-/m1/s1. The Morgan fingerprint density at radius 1 is 1.19 bits per heavy atom. The van der Waals surface area contributed by atoms with E-state index in [1.165, 1.54) is 4.90 Å². The zero-order valence-corrected chi connectivity index (χ0v) is 18.3. The largest absolute Gasteiger partial charge is 0.507 e. The molecule has 0 bridgehead atoms. The number of carbonyl (C=O) groups excluding carboxylic acids is 2. The van der Waals surface area contributed by atoms with E-state index in [0.717, 1.165) is 12.8 Å². The molecule has 2 heterocycles. The Balaban J connectivity index is 1.74. The normalized spacial score (nSPS) is 22.3. The molecule has 0 radical (unpaired) electrons. The van der Waals surface area contributed by atoms with Crippen molar-refractivity contribution in [3.63, 3.8) is 0 Å². The van der Waals surface area contributed by atoms with E-state index >= 15 is 0 Å². The Bertz CT molecular complexity index is 1040. The Morgan fingerprint density at radius 2 is 1.91 bits per heavy atom. The van der Waals surface area contributed by atoms with Crippen LogP contribution in [0.1, 0.15) is 30.0 Å². The number of ether oxygens (including phenoxy) is 2. The summed E-state index contributed by atoms with van der Waals surface area (Å²) in [6.07, 6.45) is 3.24. The predicted octanol–water partition coefficient (Wildman–Crippen LogP) is 4.51. The average molecular weight is 454 g/mol. The van der Waals surface area contributed by atoms with Gasteiger partial charge in [0.1, 0.15) is 18.1 Å². The molecule has 166 valence electrons. The van der Waals surface area contributed by atoms with Gasteiger partial charge in [-0.05, 0) is 54.8 Å². The number of Topliss-reactive ketones (excluding diaryl/α,β-unsaturated/α-hetero) is 1. The number of aliphatic hydroxyl groups excluding tert-OH is 1. The van der Waals surface area contributed by atoms with Crippen LogP contribution in [-0.4, -0.2) is 47.6 Å². The molecule has 0 aromatic heterocycles. The van der Waals surface area contributed by atoms with Crippen molar-refractivity contribution in [2.45, 2.75) is 25.0 Å². The van der Waals surface area contributed by atoms with Gasteiger partial charge in [-0.15, -0.1) is 0 Å². The van der Waals surface area contributed by atoms with Crippen molar-refractivity contribution >= 4 is 29.1 Å². The Labute approximate surface area is 191 Å². The number of nitrogens with zero attached hydrogens (tertiary/aromatic N) is 1. The van der Waals surface area contributed by atoms with Crippen molar-refractivity contribution in [1.29, 1.82) is 0 Å². The molecule has 0 spiro atoms. The number of rotatable bonds is 7. The fourth-order valence-corrected chi connectivity index (χ4v) is 4.21. The van der Waals surface area contributed by atoms with Gasteiger partial charge in [0, 0.05) is 23.7 Å². The van der Waals surface area contributed by atoms with Crippen LogP contribution in [0.5, 0.6) is 5.75 Å². The third kappa shape index (κ3) is 4.42. The lowest BCUT2D eigenvalue weighted by Crippen LogP contribution is -2.36. The molecule has 0 saturated carbocycles. The van der Waals surface area contributed by atoms with E-state index in [-0.39, 0.29) is 24.0 Å². The van der Waals surface area contributed by atoms with E-state index in [4.69, 9.17) is 21.1 Å². The maximum atomic E-state index is 13.1. The van der Waals surface area contributed by atoms with Crippen LogP contribution in [0.25, 0.3) is 5.76 Å². The SMILES string of the molecule is C=CCOc1ccc(C(O)=C2C(=O)C(=O)N(C[C@H]3CCCO3)[C@@H]2c2ccc(Cl)cc2)cc1. The van der Waals surface area contributed by atoms with Gasteiger partial charge in [0.05, 0.1) is 17.7 Å². The van der Waals surface area contributed by atoms with Crippen LogP contribution in [0.3, 0.4) is 0 Å². The van der Waals surface area contributed by atoms with Crippen molar-refractivity contribution in [2.75, 3.05) is 19.8 Å². The molecule has 4 rings (SSSR count). The van der Waals surface area contributed by atoms with E-state index < -0.39 is 17.7 Å². The van der Waals surface area contributed by atoms with Gasteiger partial charge in [-0.1, -0.05) is 36.4 Å². The van der Waals surface area contributed by atoms with Gasteiger partial charge in [0.2, 0.25) is 0 Å². The topological polar surface area (TPSA) is 76.1 Å². The maximum Gasteiger partial charge on any atom is 0.295 e. The molecular weight excluding hydrogens is 430 g/mol. The summed E-state index contributed by atoms with van der Waals surface area (Å²) in [5.41, 5.74) is 1.17. The van der Waals surface area contributed by atoms with Gasteiger partial charge >= 0.3 is 0 Å². The zero-order valence-electron chi connectivity index (χ0n) is 17.5. The minimum atomic E-state index is -0.729. The Hall–Kier alpha value is -3.09. The van der Waals surface area contributed by atoms with Crippen molar-refractivity contribution < 1.29 is 24.2 Å². The lowest BCUT2D eigenvalue weighted by molar-refractivity contribution is -0.140. The number of amides is 1. The highest BCUT2D eigenvalue weighted by Crippen LogP contribution is 2.40. The maximum absolute atomic E-state index is 13.1. The second kappa shape index (κ2) is 9.59. The smallest absolute Gasteiger partial charge is 0.295 e. The zero-order chi connectivity index (χ0) is 22.7. The monoisotopic (exact) mass is 453 g/mol. The van der Waals surface area contributed by atoms with Crippen LogP contribution in [0.4, 0.5) is 0 Å². The molecule has 2 fully saturated rings. The molecule has 2 saturated heterocycles. The fourth-order valence-electron chi connectivity index (χ4n) is 4.09. The summed E-state index contributed by atoms with van der Waals surface area (Å²) in [5.74, 6) is -0.983. The molecule has 2 aromatic carbocycles. The minimum absolute atomic E-state index is 0.0510. The second-order valence-electron chi connectivity index (χ2n) is 7.76. The third-order valence-corrected chi connectivity index (χ3v) is 5.90. The van der Waals surface area contributed by atoms with E-state index in [2.05, 4.69) is 6.58 Å². The van der Waals surface area contributed by atoms with Crippen LogP contribution in [0, 0.1) is 0 Å². The lowest BCUT2D eigenvalue weighted by atomic mass is 9.95. The van der Waals surface area contributed by atoms with Crippen LogP contribution in [0.15, 0.2) is 66.8 Å². The van der Waals surface area contributed by atoms with Crippen molar-refractivity contribution in [1.82, 2.24) is 4.90 Å². The van der Waals surface area contributed by atoms with E-state index in [1.54, 1.807) is 54.6 Å². The first-order valence-electron chi connectivity index (χ1n) is 10.5. The highest BCUT2D eigenvalue weighted by atomic mass is 35.5. The predicted molar refractivity (Wildman–Crippen MR) is 122 cm³/mol. The molecule has 2 aliphatic heterocycles. The number of hydrogen-bond donors (Lipinski definition) is 1. The number of likely N-dealkylation sites (tertiary alicyclic amines) is 1. The molecule has 6 nitrogen and oxygen atoms in total. The van der Waals surface area contributed by atoms with Gasteiger partial charge < -0.3 is 19.5 Å². The van der Waals surface area contributed by atoms with E-state index in [9.17, 15) is 14.7 Å². The highest BCUT2D eigenvalue weighted by molar-refractivity contribution is 6.46. The van der Waals surface area contributed by atoms with Gasteiger partial charge in [0.25, 0.3) is 11.7 Å². The molecule has 1 amide bonds. The number of ketones is 1. The lowest BCUT2D eigenvalue weighted by Gasteiger charge is -2.27. The number of benzene rings is 2. The van der Waals surface area contributed by atoms with Crippen LogP contribution in [0.2, 0.25) is 5.02 Å². The number of halogens is 1. The first kappa shape index (κ1) is 22.1. The summed E-state index contributed by atoms with van der Waals surface area (Å²) in [7, 11) is 0. The molecule has 1 N–H and O–H groups in total. The quantitative estimate of drug-likeness (QED) is 0.289. The van der Waals surface area contributed by atoms with Gasteiger partial charge in [-0.3, -0.25) is 9.59 Å².